The van der Waals surface area contributed by atoms with Gasteiger partial charge in [0.05, 0.1) is 12.5 Å². The van der Waals surface area contributed by atoms with Crippen LogP contribution in [0.1, 0.15) is 25.8 Å². The van der Waals surface area contributed by atoms with E-state index >= 15 is 0 Å². The Balaban J connectivity index is 2.49. The zero-order valence-electron chi connectivity index (χ0n) is 8.79. The molecule has 78 valence electrons. The molecule has 14 heavy (non-hydrogen) atoms. The van der Waals surface area contributed by atoms with Gasteiger partial charge >= 0.3 is 0 Å². The van der Waals surface area contributed by atoms with E-state index in [4.69, 9.17) is 16.3 Å². The van der Waals surface area contributed by atoms with E-state index in [0.717, 1.165) is 24.3 Å². The predicted octanol–water partition coefficient (Wildman–Crippen LogP) is 3.85. The lowest BCUT2D eigenvalue weighted by Crippen LogP contribution is -2.02. The Morgan fingerprint density at radius 2 is 2.00 bits per heavy atom. The van der Waals surface area contributed by atoms with E-state index in [1.807, 2.05) is 24.3 Å². The van der Waals surface area contributed by atoms with Crippen molar-refractivity contribution in [2.24, 2.45) is 5.92 Å². The number of hydrogen-bond acceptors (Lipinski definition) is 1. The Hall–Kier alpha value is -0.690. The second-order valence-corrected chi connectivity index (χ2v) is 4.04. The highest BCUT2D eigenvalue weighted by atomic mass is 35.5. The van der Waals surface area contributed by atoms with Crippen molar-refractivity contribution in [1.29, 1.82) is 0 Å². The molecule has 0 amide bonds. The highest BCUT2D eigenvalue weighted by Crippen LogP contribution is 2.20. The molecular weight excluding hydrogens is 196 g/mol. The minimum atomic E-state index is 0.512. The maximum absolute atomic E-state index is 5.79. The molecular formula is C12H17ClO. The molecule has 0 fully saturated rings. The second kappa shape index (κ2) is 5.92. The number of ether oxygens (including phenoxy) is 1. The third-order valence-corrected chi connectivity index (χ3v) is 2.36. The largest absolute Gasteiger partial charge is 0.493 e. The summed E-state index contributed by atoms with van der Waals surface area (Å²) in [5.74, 6) is 2.11. The molecule has 1 rings (SSSR count). The highest BCUT2D eigenvalue weighted by Gasteiger charge is 2.01. The van der Waals surface area contributed by atoms with Crippen molar-refractivity contribution in [2.75, 3.05) is 6.61 Å². The minimum absolute atomic E-state index is 0.512. The molecule has 0 atom stereocenters. The lowest BCUT2D eigenvalue weighted by atomic mass is 10.1. The summed E-state index contributed by atoms with van der Waals surface area (Å²) < 4.78 is 5.65. The molecule has 1 nitrogen and oxygen atoms in total. The van der Waals surface area contributed by atoms with E-state index in [9.17, 15) is 0 Å². The average molecular weight is 213 g/mol. The molecule has 1 aromatic rings. The monoisotopic (exact) mass is 212 g/mol. The molecule has 2 heteroatoms. The molecule has 0 aliphatic heterocycles. The van der Waals surface area contributed by atoms with Gasteiger partial charge in [-0.15, -0.1) is 11.6 Å². The first-order valence-corrected chi connectivity index (χ1v) is 5.54. The van der Waals surface area contributed by atoms with Gasteiger partial charge in [0.25, 0.3) is 0 Å². The topological polar surface area (TPSA) is 9.23 Å². The molecule has 0 aromatic heterocycles. The fourth-order valence-electron chi connectivity index (χ4n) is 1.16. The fraction of sp³-hybridized carbons (Fsp3) is 0.500. The van der Waals surface area contributed by atoms with Gasteiger partial charge in [-0.25, -0.2) is 0 Å². The van der Waals surface area contributed by atoms with Crippen LogP contribution in [0, 0.1) is 5.92 Å². The van der Waals surface area contributed by atoms with Gasteiger partial charge in [-0.05, 0) is 18.4 Å². The smallest absolute Gasteiger partial charge is 0.123 e. The van der Waals surface area contributed by atoms with Crippen LogP contribution in [-0.4, -0.2) is 6.61 Å². The standard InChI is InChI=1S/C12H17ClO/c1-10(2)7-8-14-12-6-4-3-5-11(12)9-13/h3-6,10H,7-9H2,1-2H3. The van der Waals surface area contributed by atoms with Crippen LogP contribution in [0.3, 0.4) is 0 Å². The lowest BCUT2D eigenvalue weighted by Gasteiger charge is -2.10. The molecule has 0 saturated carbocycles. The summed E-state index contributed by atoms with van der Waals surface area (Å²) in [4.78, 5) is 0. The van der Waals surface area contributed by atoms with Crippen LogP contribution in [-0.2, 0) is 5.88 Å². The van der Waals surface area contributed by atoms with Gasteiger partial charge in [-0.3, -0.25) is 0 Å². The molecule has 0 saturated heterocycles. The Morgan fingerprint density at radius 1 is 1.29 bits per heavy atom. The second-order valence-electron chi connectivity index (χ2n) is 3.77. The number of alkyl halides is 1. The summed E-state index contributed by atoms with van der Waals surface area (Å²) in [6.07, 6.45) is 1.08. The van der Waals surface area contributed by atoms with Crippen LogP contribution in [0.2, 0.25) is 0 Å². The Morgan fingerprint density at radius 3 is 2.64 bits per heavy atom. The zero-order chi connectivity index (χ0) is 10.4. The lowest BCUT2D eigenvalue weighted by molar-refractivity contribution is 0.287. The quantitative estimate of drug-likeness (QED) is 0.674. The average Bonchev–Trinajstić information content (AvgIpc) is 2.18. The molecule has 0 N–H and O–H groups in total. The zero-order valence-corrected chi connectivity index (χ0v) is 9.55. The molecule has 0 unspecified atom stereocenters. The van der Waals surface area contributed by atoms with Gasteiger partial charge in [0.1, 0.15) is 5.75 Å². The normalized spacial score (nSPS) is 10.6. The van der Waals surface area contributed by atoms with E-state index in [1.165, 1.54) is 0 Å². The number of para-hydroxylation sites is 1. The molecule has 0 spiro atoms. The first-order valence-electron chi connectivity index (χ1n) is 5.00. The number of halogens is 1. The van der Waals surface area contributed by atoms with Crippen molar-refractivity contribution in [3.63, 3.8) is 0 Å². The SMILES string of the molecule is CC(C)CCOc1ccccc1CCl. The van der Waals surface area contributed by atoms with E-state index in [0.29, 0.717) is 11.8 Å². The maximum Gasteiger partial charge on any atom is 0.123 e. The van der Waals surface area contributed by atoms with Gasteiger partial charge in [0.15, 0.2) is 0 Å². The minimum Gasteiger partial charge on any atom is -0.493 e. The van der Waals surface area contributed by atoms with Gasteiger partial charge in [0, 0.05) is 5.56 Å². The number of benzene rings is 1. The van der Waals surface area contributed by atoms with E-state index < -0.39 is 0 Å². The van der Waals surface area contributed by atoms with E-state index in [1.54, 1.807) is 0 Å². The van der Waals surface area contributed by atoms with Crippen molar-refractivity contribution in [3.8, 4) is 5.75 Å². The first-order chi connectivity index (χ1) is 6.74. The molecule has 0 radical (unpaired) electrons. The predicted molar refractivity (Wildman–Crippen MR) is 60.9 cm³/mol. The summed E-state index contributed by atoms with van der Waals surface area (Å²) in [7, 11) is 0. The van der Waals surface area contributed by atoms with Crippen LogP contribution in [0.4, 0.5) is 0 Å². The summed E-state index contributed by atoms with van der Waals surface area (Å²) >= 11 is 5.79. The van der Waals surface area contributed by atoms with Crippen LogP contribution in [0.5, 0.6) is 5.75 Å². The molecule has 0 heterocycles. The molecule has 1 aromatic carbocycles. The summed E-state index contributed by atoms with van der Waals surface area (Å²) in [5, 5.41) is 0. The van der Waals surface area contributed by atoms with E-state index in [2.05, 4.69) is 13.8 Å². The van der Waals surface area contributed by atoms with Crippen molar-refractivity contribution in [1.82, 2.24) is 0 Å². The van der Waals surface area contributed by atoms with Gasteiger partial charge in [-0.2, -0.15) is 0 Å². The van der Waals surface area contributed by atoms with E-state index in [-0.39, 0.29) is 0 Å². The summed E-state index contributed by atoms with van der Waals surface area (Å²) in [5.41, 5.74) is 1.07. The Bertz CT molecular complexity index is 271. The fourth-order valence-corrected chi connectivity index (χ4v) is 1.38. The number of rotatable bonds is 5. The Labute approximate surface area is 91.0 Å². The molecule has 0 aliphatic rings. The number of hydrogen-bond donors (Lipinski definition) is 0. The first kappa shape index (κ1) is 11.4. The molecule has 0 bridgehead atoms. The summed E-state index contributed by atoms with van der Waals surface area (Å²) in [6, 6.07) is 7.92. The van der Waals surface area contributed by atoms with Gasteiger partial charge in [-0.1, -0.05) is 32.0 Å². The van der Waals surface area contributed by atoms with Gasteiger partial charge in [0.2, 0.25) is 0 Å². The van der Waals surface area contributed by atoms with Crippen LogP contribution in [0.15, 0.2) is 24.3 Å². The highest BCUT2D eigenvalue weighted by molar-refractivity contribution is 6.17. The Kier molecular flexibility index (Phi) is 4.81. The van der Waals surface area contributed by atoms with Crippen molar-refractivity contribution in [2.45, 2.75) is 26.1 Å². The molecule has 0 aliphatic carbocycles. The van der Waals surface area contributed by atoms with Gasteiger partial charge < -0.3 is 4.74 Å². The van der Waals surface area contributed by atoms with Crippen molar-refractivity contribution < 1.29 is 4.74 Å². The third-order valence-electron chi connectivity index (χ3n) is 2.07. The van der Waals surface area contributed by atoms with Crippen LogP contribution < -0.4 is 4.74 Å². The van der Waals surface area contributed by atoms with Crippen LogP contribution >= 0.6 is 11.6 Å². The maximum atomic E-state index is 5.79. The van der Waals surface area contributed by atoms with Crippen LogP contribution in [0.25, 0.3) is 0 Å². The van der Waals surface area contributed by atoms with Crippen molar-refractivity contribution in [3.05, 3.63) is 29.8 Å². The third kappa shape index (κ3) is 3.59. The summed E-state index contributed by atoms with van der Waals surface area (Å²) in [6.45, 7) is 5.15. The van der Waals surface area contributed by atoms with Crippen molar-refractivity contribution >= 4 is 11.6 Å².